The molecular weight excluding hydrogens is 508 g/mol. The van der Waals surface area contributed by atoms with Crippen molar-refractivity contribution in [1.82, 2.24) is 9.97 Å². The van der Waals surface area contributed by atoms with Crippen LogP contribution in [0.5, 0.6) is 0 Å². The van der Waals surface area contributed by atoms with Crippen LogP contribution in [0.2, 0.25) is 0 Å². The van der Waals surface area contributed by atoms with Crippen molar-refractivity contribution in [3.63, 3.8) is 0 Å². The molecule has 0 unspecified atom stereocenters. The van der Waals surface area contributed by atoms with Crippen molar-refractivity contribution in [3.8, 4) is 55.6 Å². The van der Waals surface area contributed by atoms with E-state index in [0.717, 1.165) is 22.3 Å². The van der Waals surface area contributed by atoms with Gasteiger partial charge < -0.3 is 0 Å². The Kier molecular flexibility index (Phi) is 7.96. The highest BCUT2D eigenvalue weighted by Gasteiger charge is 2.11. The minimum atomic E-state index is 1.11. The normalized spacial score (nSPS) is 11.6. The smallest absolute Gasteiger partial charge is 0.0346 e. The summed E-state index contributed by atoms with van der Waals surface area (Å²) >= 11 is 0. The van der Waals surface area contributed by atoms with Gasteiger partial charge in [-0.15, -0.1) is 0 Å². The Morgan fingerprint density at radius 1 is 0.476 bits per heavy atom. The average Bonchev–Trinajstić information content (AvgIpc) is 3.08. The van der Waals surface area contributed by atoms with Crippen LogP contribution in [-0.2, 0) is 0 Å². The second-order valence-corrected chi connectivity index (χ2v) is 10.4. The maximum Gasteiger partial charge on any atom is 0.0346 e. The molecule has 0 aliphatic rings. The fourth-order valence-electron chi connectivity index (χ4n) is 5.23. The van der Waals surface area contributed by atoms with Crippen LogP contribution < -0.4 is 0 Å². The molecule has 0 N–H and O–H groups in total. The largest absolute Gasteiger partial charge is 0.264 e. The van der Waals surface area contributed by atoms with E-state index in [0.29, 0.717) is 0 Å². The highest BCUT2D eigenvalue weighted by Crippen LogP contribution is 2.36. The molecule has 42 heavy (non-hydrogen) atoms. The molecule has 2 heteroatoms. The molecule has 6 rings (SSSR count). The lowest BCUT2D eigenvalue weighted by molar-refractivity contribution is 1.33. The number of rotatable bonds is 7. The van der Waals surface area contributed by atoms with Crippen LogP contribution in [0.15, 0.2) is 158 Å². The van der Waals surface area contributed by atoms with Gasteiger partial charge in [-0.2, -0.15) is 0 Å². The summed E-state index contributed by atoms with van der Waals surface area (Å²) in [6.07, 6.45) is 13.8. The Morgan fingerprint density at radius 2 is 0.881 bits per heavy atom. The zero-order valence-electron chi connectivity index (χ0n) is 23.9. The molecule has 0 saturated carbocycles. The molecule has 2 aromatic heterocycles. The summed E-state index contributed by atoms with van der Waals surface area (Å²) in [6.45, 7) is 4.20. The van der Waals surface area contributed by atoms with Crippen LogP contribution in [0.1, 0.15) is 19.4 Å². The lowest BCUT2D eigenvalue weighted by atomic mass is 9.90. The summed E-state index contributed by atoms with van der Waals surface area (Å²) in [5, 5.41) is 0. The molecule has 0 radical (unpaired) electrons. The summed E-state index contributed by atoms with van der Waals surface area (Å²) in [7, 11) is 0. The number of allylic oxidation sites excluding steroid dienone is 4. The van der Waals surface area contributed by atoms with E-state index in [-0.39, 0.29) is 0 Å². The maximum absolute atomic E-state index is 4.33. The molecule has 0 fully saturated rings. The van der Waals surface area contributed by atoms with Crippen LogP contribution in [0.25, 0.3) is 61.2 Å². The van der Waals surface area contributed by atoms with E-state index in [1.807, 2.05) is 43.8 Å². The van der Waals surface area contributed by atoms with Gasteiger partial charge in [0.25, 0.3) is 0 Å². The molecule has 202 valence electrons. The fourth-order valence-corrected chi connectivity index (χ4v) is 5.23. The van der Waals surface area contributed by atoms with Crippen LogP contribution >= 0.6 is 0 Å². The van der Waals surface area contributed by atoms with Crippen LogP contribution in [0.4, 0.5) is 0 Å². The van der Waals surface area contributed by atoms with E-state index in [1.54, 1.807) is 0 Å². The minimum absolute atomic E-state index is 1.11. The molecule has 2 heterocycles. The lowest BCUT2D eigenvalue weighted by Gasteiger charge is -2.14. The first-order valence-corrected chi connectivity index (χ1v) is 14.2. The van der Waals surface area contributed by atoms with Crippen molar-refractivity contribution in [2.75, 3.05) is 0 Å². The van der Waals surface area contributed by atoms with Gasteiger partial charge >= 0.3 is 0 Å². The summed E-state index contributed by atoms with van der Waals surface area (Å²) in [5.41, 5.74) is 14.0. The van der Waals surface area contributed by atoms with E-state index >= 15 is 0 Å². The SMILES string of the molecule is C/C=C\C=C(/C)c1cccc(-c2cc(-c3cccc(-c4cccnc4)c3)cc(-c3cccc(-c4cccnc4)c3)c2)c1. The highest BCUT2D eigenvalue weighted by molar-refractivity contribution is 5.85. The Hall–Kier alpha value is -5.34. The molecule has 2 nitrogen and oxygen atoms in total. The predicted molar refractivity (Wildman–Crippen MR) is 178 cm³/mol. The molecule has 0 saturated heterocycles. The Balaban J connectivity index is 1.50. The molecule has 0 atom stereocenters. The van der Waals surface area contributed by atoms with Crippen LogP contribution in [0, 0.1) is 0 Å². The molecule has 0 bridgehead atoms. The van der Waals surface area contributed by atoms with Crippen LogP contribution in [0.3, 0.4) is 0 Å². The number of hydrogen-bond acceptors (Lipinski definition) is 2. The molecule has 0 spiro atoms. The third kappa shape index (κ3) is 6.04. The fraction of sp³-hybridized carbons (Fsp3) is 0.0500. The Labute approximate surface area is 248 Å². The summed E-state index contributed by atoms with van der Waals surface area (Å²) in [6, 6.07) is 41.3. The van der Waals surface area contributed by atoms with Crippen molar-refractivity contribution in [3.05, 3.63) is 164 Å². The summed E-state index contributed by atoms with van der Waals surface area (Å²) in [4.78, 5) is 8.66. The number of hydrogen-bond donors (Lipinski definition) is 0. The third-order valence-corrected chi connectivity index (χ3v) is 7.50. The quantitative estimate of drug-likeness (QED) is 0.188. The van der Waals surface area contributed by atoms with Gasteiger partial charge in [-0.25, -0.2) is 0 Å². The van der Waals surface area contributed by atoms with Crippen molar-refractivity contribution < 1.29 is 0 Å². The van der Waals surface area contributed by atoms with Crippen LogP contribution in [-0.4, -0.2) is 9.97 Å². The number of pyridine rings is 2. The highest BCUT2D eigenvalue weighted by atomic mass is 14.6. The van der Waals surface area contributed by atoms with Crippen molar-refractivity contribution in [2.45, 2.75) is 13.8 Å². The van der Waals surface area contributed by atoms with Gasteiger partial charge in [-0.05, 0) is 118 Å². The van der Waals surface area contributed by atoms with Gasteiger partial charge in [0.15, 0.2) is 0 Å². The Bertz CT molecular complexity index is 1780. The van der Waals surface area contributed by atoms with E-state index in [4.69, 9.17) is 0 Å². The topological polar surface area (TPSA) is 25.8 Å². The van der Waals surface area contributed by atoms with Crippen molar-refractivity contribution in [1.29, 1.82) is 0 Å². The van der Waals surface area contributed by atoms with E-state index in [2.05, 4.69) is 138 Å². The van der Waals surface area contributed by atoms with Gasteiger partial charge in [-0.1, -0.05) is 85.0 Å². The van der Waals surface area contributed by atoms with E-state index in [9.17, 15) is 0 Å². The second kappa shape index (κ2) is 12.4. The van der Waals surface area contributed by atoms with Gasteiger partial charge in [0.1, 0.15) is 0 Å². The minimum Gasteiger partial charge on any atom is -0.264 e. The first-order chi connectivity index (χ1) is 20.7. The molecule has 0 aliphatic carbocycles. The number of aromatic nitrogens is 2. The number of nitrogens with zero attached hydrogens (tertiary/aromatic N) is 2. The number of benzene rings is 4. The van der Waals surface area contributed by atoms with E-state index in [1.165, 1.54) is 44.5 Å². The first kappa shape index (κ1) is 26.9. The zero-order chi connectivity index (χ0) is 28.7. The van der Waals surface area contributed by atoms with E-state index < -0.39 is 0 Å². The van der Waals surface area contributed by atoms with Gasteiger partial charge in [-0.3, -0.25) is 9.97 Å². The van der Waals surface area contributed by atoms with Crippen molar-refractivity contribution >= 4 is 5.57 Å². The third-order valence-electron chi connectivity index (χ3n) is 7.50. The maximum atomic E-state index is 4.33. The first-order valence-electron chi connectivity index (χ1n) is 14.2. The van der Waals surface area contributed by atoms with Gasteiger partial charge in [0.05, 0.1) is 0 Å². The predicted octanol–water partition coefficient (Wildman–Crippen LogP) is 10.8. The lowest BCUT2D eigenvalue weighted by Crippen LogP contribution is -1.89. The molecular formula is C40H32N2. The summed E-state index contributed by atoms with van der Waals surface area (Å²) in [5.74, 6) is 0. The molecule has 0 amide bonds. The molecule has 6 aromatic rings. The zero-order valence-corrected chi connectivity index (χ0v) is 23.9. The van der Waals surface area contributed by atoms with Crippen molar-refractivity contribution in [2.24, 2.45) is 0 Å². The average molecular weight is 541 g/mol. The molecule has 0 aliphatic heterocycles. The summed E-state index contributed by atoms with van der Waals surface area (Å²) < 4.78 is 0. The second-order valence-electron chi connectivity index (χ2n) is 10.4. The monoisotopic (exact) mass is 540 g/mol. The van der Waals surface area contributed by atoms with Gasteiger partial charge in [0, 0.05) is 35.9 Å². The molecule has 4 aromatic carbocycles. The standard InChI is InChI=1S/C40H32N2/c1-3-4-10-29(2)30-11-5-14-33(21-30)38-24-39(34-15-6-12-31(22-34)36-17-8-19-41-27-36)26-40(25-38)35-16-7-13-32(23-35)37-18-9-20-42-28-37/h3-28H,1-2H3/b4-3-,29-10+. The van der Waals surface area contributed by atoms with Gasteiger partial charge in [0.2, 0.25) is 0 Å². The Morgan fingerprint density at radius 3 is 1.33 bits per heavy atom.